The Balaban J connectivity index is 2.04. The Morgan fingerprint density at radius 2 is 1.86 bits per heavy atom. The molecule has 4 aromatic rings. The molecule has 0 aliphatic rings. The van der Waals surface area contributed by atoms with Gasteiger partial charge in [0.1, 0.15) is 5.82 Å². The molecule has 2 aromatic carbocycles. The van der Waals surface area contributed by atoms with Crippen LogP contribution >= 0.6 is 0 Å². The lowest BCUT2D eigenvalue weighted by Gasteiger charge is -2.19. The van der Waals surface area contributed by atoms with Crippen LogP contribution in [0.3, 0.4) is 0 Å². The van der Waals surface area contributed by atoms with E-state index in [1.54, 1.807) is 19.9 Å². The third kappa shape index (κ3) is 4.84. The van der Waals surface area contributed by atoms with Crippen molar-refractivity contribution in [1.82, 2.24) is 19.7 Å². The molecule has 0 fully saturated rings. The van der Waals surface area contributed by atoms with Gasteiger partial charge in [0.15, 0.2) is 5.82 Å². The van der Waals surface area contributed by atoms with E-state index in [0.717, 1.165) is 29.5 Å². The minimum atomic E-state index is -0.727. The molecule has 0 aliphatic heterocycles. The van der Waals surface area contributed by atoms with Gasteiger partial charge in [0.2, 0.25) is 0 Å². The van der Waals surface area contributed by atoms with Crippen molar-refractivity contribution in [2.75, 3.05) is 6.61 Å². The van der Waals surface area contributed by atoms with Gasteiger partial charge in [-0.15, -0.1) is 0 Å². The number of esters is 1. The largest absolute Gasteiger partial charge is 0.462 e. The summed E-state index contributed by atoms with van der Waals surface area (Å²) in [5, 5.41) is 2.56. The monoisotopic (exact) mass is 474 g/mol. The molecule has 0 radical (unpaired) electrons. The van der Waals surface area contributed by atoms with Crippen molar-refractivity contribution in [2.45, 2.75) is 40.0 Å². The van der Waals surface area contributed by atoms with E-state index in [2.05, 4.69) is 22.0 Å². The van der Waals surface area contributed by atoms with Crippen LogP contribution in [0.1, 0.15) is 48.4 Å². The predicted molar refractivity (Wildman–Crippen MR) is 131 cm³/mol. The highest BCUT2D eigenvalue weighted by Crippen LogP contribution is 2.36. The van der Waals surface area contributed by atoms with Crippen molar-refractivity contribution < 1.29 is 14.1 Å². The van der Waals surface area contributed by atoms with Crippen LogP contribution in [0.25, 0.3) is 28.2 Å². The highest BCUT2D eigenvalue weighted by molar-refractivity contribution is 5.97. The van der Waals surface area contributed by atoms with Crippen LogP contribution in [0.15, 0.2) is 62.8 Å². The van der Waals surface area contributed by atoms with E-state index >= 15 is 0 Å². The molecule has 4 rings (SSSR count). The zero-order valence-electron chi connectivity index (χ0n) is 19.8. The molecule has 0 saturated heterocycles. The normalized spacial score (nSPS) is 10.9. The summed E-state index contributed by atoms with van der Waals surface area (Å²) in [6, 6.07) is 12.4. The van der Waals surface area contributed by atoms with Crippen molar-refractivity contribution in [3.63, 3.8) is 0 Å². The molecule has 180 valence electrons. The lowest BCUT2D eigenvalue weighted by atomic mass is 9.90. The highest BCUT2D eigenvalue weighted by Gasteiger charge is 2.22. The Morgan fingerprint density at radius 1 is 1.09 bits per heavy atom. The predicted octanol–water partition coefficient (Wildman–Crippen LogP) is 4.07. The summed E-state index contributed by atoms with van der Waals surface area (Å²) in [5.74, 6) is -0.533. The van der Waals surface area contributed by atoms with E-state index in [1.807, 2.05) is 30.3 Å². The number of benzene rings is 2. The second kappa shape index (κ2) is 10.3. The Hall–Kier alpha value is -4.27. The summed E-state index contributed by atoms with van der Waals surface area (Å²) in [6.07, 6.45) is 4.01. The number of carbonyl (C=O) groups is 1. The smallest absolute Gasteiger partial charge is 0.460 e. The fraction of sp³-hybridized carbons (Fsp3) is 0.269. The molecule has 0 saturated carbocycles. The maximum absolute atomic E-state index is 13.1. The Bertz CT molecular complexity index is 1480. The van der Waals surface area contributed by atoms with Crippen LogP contribution in [-0.2, 0) is 11.2 Å². The number of hydrogen-bond acceptors (Lipinski definition) is 7. The standard InChI is InChI=1S/C26H26N4O5/c1-4-6-9-17-14-22(30-16(3)27-13-12-23(30)31)21(25(32)34-5-2)15-20(17)18-10-7-8-11-19(18)24-28-26(33)35-29-24/h7-8,10-15H,4-6,9H2,1-3H3,(H,28,29,33). The van der Waals surface area contributed by atoms with E-state index in [-0.39, 0.29) is 23.6 Å². The number of H-pyrrole nitrogens is 1. The molecular weight excluding hydrogens is 448 g/mol. The molecule has 0 atom stereocenters. The molecular formula is C26H26N4O5. The summed E-state index contributed by atoms with van der Waals surface area (Å²) in [4.78, 5) is 45.7. The van der Waals surface area contributed by atoms with Crippen LogP contribution < -0.4 is 11.3 Å². The van der Waals surface area contributed by atoms with Crippen LogP contribution in [0.5, 0.6) is 0 Å². The number of aromatic nitrogens is 4. The second-order valence-electron chi connectivity index (χ2n) is 7.99. The number of hydrogen-bond donors (Lipinski definition) is 1. The van der Waals surface area contributed by atoms with E-state index in [0.29, 0.717) is 23.5 Å². The molecule has 0 bridgehead atoms. The molecule has 2 heterocycles. The van der Waals surface area contributed by atoms with E-state index in [1.165, 1.54) is 16.8 Å². The Labute approximate surface area is 201 Å². The SMILES string of the molecule is CCCCc1cc(-n2c(C)nccc2=O)c(C(=O)OCC)cc1-c1ccccc1-c1nc(=O)o[nH]1. The first kappa shape index (κ1) is 23.9. The molecule has 0 spiro atoms. The van der Waals surface area contributed by atoms with Gasteiger partial charge in [-0.2, -0.15) is 10.1 Å². The van der Waals surface area contributed by atoms with Gasteiger partial charge in [0, 0.05) is 17.8 Å². The van der Waals surface area contributed by atoms with Gasteiger partial charge >= 0.3 is 11.7 Å². The quantitative estimate of drug-likeness (QED) is 0.382. The van der Waals surface area contributed by atoms with Crippen molar-refractivity contribution in [2.24, 2.45) is 0 Å². The number of unbranched alkanes of at least 4 members (excludes halogenated alkanes) is 1. The van der Waals surface area contributed by atoms with Gasteiger partial charge in [0.05, 0.1) is 17.9 Å². The first-order valence-electron chi connectivity index (χ1n) is 11.5. The van der Waals surface area contributed by atoms with Crippen molar-refractivity contribution in [1.29, 1.82) is 0 Å². The zero-order valence-corrected chi connectivity index (χ0v) is 19.8. The van der Waals surface area contributed by atoms with Gasteiger partial charge < -0.3 is 9.26 Å². The molecule has 9 nitrogen and oxygen atoms in total. The third-order valence-corrected chi connectivity index (χ3v) is 5.69. The van der Waals surface area contributed by atoms with Gasteiger partial charge in [-0.3, -0.25) is 9.36 Å². The van der Waals surface area contributed by atoms with Gasteiger partial charge in [-0.1, -0.05) is 37.6 Å². The van der Waals surface area contributed by atoms with Crippen molar-refractivity contribution >= 4 is 5.97 Å². The molecule has 0 unspecified atom stereocenters. The topological polar surface area (TPSA) is 120 Å². The van der Waals surface area contributed by atoms with E-state index in [4.69, 9.17) is 9.26 Å². The summed E-state index contributed by atoms with van der Waals surface area (Å²) < 4.78 is 11.6. The minimum absolute atomic E-state index is 0.183. The number of ether oxygens (including phenoxy) is 1. The zero-order chi connectivity index (χ0) is 24.9. The number of nitrogens with zero attached hydrogens (tertiary/aromatic N) is 3. The fourth-order valence-corrected chi connectivity index (χ4v) is 4.08. The summed E-state index contributed by atoms with van der Waals surface area (Å²) >= 11 is 0. The number of nitrogens with one attached hydrogen (secondary N) is 1. The molecule has 0 aliphatic carbocycles. The first-order valence-corrected chi connectivity index (χ1v) is 11.5. The molecule has 1 N–H and O–H groups in total. The second-order valence-corrected chi connectivity index (χ2v) is 7.99. The van der Waals surface area contributed by atoms with Crippen LogP contribution in [0, 0.1) is 6.92 Å². The minimum Gasteiger partial charge on any atom is -0.462 e. The molecule has 9 heteroatoms. The van der Waals surface area contributed by atoms with Crippen LogP contribution in [-0.4, -0.2) is 32.3 Å². The van der Waals surface area contributed by atoms with Gasteiger partial charge in [-0.25, -0.2) is 14.6 Å². The number of aromatic amines is 1. The molecule has 2 aromatic heterocycles. The van der Waals surface area contributed by atoms with Gasteiger partial charge in [0.25, 0.3) is 5.56 Å². The lowest BCUT2D eigenvalue weighted by Crippen LogP contribution is -2.23. The van der Waals surface area contributed by atoms with E-state index < -0.39 is 11.7 Å². The first-order chi connectivity index (χ1) is 16.9. The average molecular weight is 475 g/mol. The third-order valence-electron chi connectivity index (χ3n) is 5.69. The van der Waals surface area contributed by atoms with Crippen LogP contribution in [0.4, 0.5) is 0 Å². The summed E-state index contributed by atoms with van der Waals surface area (Å²) in [7, 11) is 0. The summed E-state index contributed by atoms with van der Waals surface area (Å²) in [6.45, 7) is 5.72. The Kier molecular flexibility index (Phi) is 7.05. The van der Waals surface area contributed by atoms with Crippen molar-refractivity contribution in [3.05, 3.63) is 86.5 Å². The summed E-state index contributed by atoms with van der Waals surface area (Å²) in [5.41, 5.74) is 3.48. The Morgan fingerprint density at radius 3 is 2.51 bits per heavy atom. The number of carbonyl (C=O) groups excluding carboxylic acids is 1. The van der Waals surface area contributed by atoms with Gasteiger partial charge in [-0.05, 0) is 55.5 Å². The highest BCUT2D eigenvalue weighted by atomic mass is 16.5. The number of aryl methyl sites for hydroxylation is 2. The number of rotatable bonds is 8. The fourth-order valence-electron chi connectivity index (χ4n) is 4.08. The maximum atomic E-state index is 13.1. The molecule has 35 heavy (non-hydrogen) atoms. The molecule has 0 amide bonds. The maximum Gasteiger partial charge on any atom is 0.460 e. The van der Waals surface area contributed by atoms with Crippen molar-refractivity contribution in [3.8, 4) is 28.2 Å². The van der Waals surface area contributed by atoms with Crippen LogP contribution in [0.2, 0.25) is 0 Å². The average Bonchev–Trinajstić information content (AvgIpc) is 3.28. The van der Waals surface area contributed by atoms with E-state index in [9.17, 15) is 14.4 Å². The lowest BCUT2D eigenvalue weighted by molar-refractivity contribution is 0.0526.